The van der Waals surface area contributed by atoms with Crippen molar-refractivity contribution < 1.29 is 60.1 Å². The molecule has 0 bridgehead atoms. The van der Waals surface area contributed by atoms with Crippen LogP contribution < -0.4 is 14.8 Å². The highest BCUT2D eigenvalue weighted by molar-refractivity contribution is 6.00. The van der Waals surface area contributed by atoms with Crippen LogP contribution in [0.3, 0.4) is 0 Å². The lowest BCUT2D eigenvalue weighted by molar-refractivity contribution is -0.138. The van der Waals surface area contributed by atoms with E-state index in [9.17, 15) is 50.6 Å². The first kappa shape index (κ1) is 45.9. The van der Waals surface area contributed by atoms with E-state index in [1.807, 2.05) is 48.5 Å². The van der Waals surface area contributed by atoms with Crippen molar-refractivity contribution in [2.75, 3.05) is 5.32 Å². The molecule has 1 aromatic heterocycles. The SMILES string of the molecule is CC(=O)CCC(=O)c1cc(C(F)(F)F)ccc1OCc1ccccc1.CC(=O)Nc1cc(C(=O)O)cc(-n2c(C)ccc2-c2cc(C(F)(F)F)ccc2OCc2ccccc2)c1. The third-order valence-corrected chi connectivity index (χ3v) is 9.19. The second-order valence-electron chi connectivity index (χ2n) is 14.0. The zero-order chi connectivity index (χ0) is 45.2. The second kappa shape index (κ2) is 19.9. The lowest BCUT2D eigenvalue weighted by atomic mass is 10.0. The first-order valence-corrected chi connectivity index (χ1v) is 18.9. The van der Waals surface area contributed by atoms with E-state index >= 15 is 0 Å². The molecule has 0 fully saturated rings. The van der Waals surface area contributed by atoms with Gasteiger partial charge in [-0.15, -0.1) is 0 Å². The number of aromatic nitrogens is 1. The van der Waals surface area contributed by atoms with Gasteiger partial charge in [0.15, 0.2) is 5.78 Å². The summed E-state index contributed by atoms with van der Waals surface area (Å²) in [5, 5.41) is 12.2. The summed E-state index contributed by atoms with van der Waals surface area (Å²) >= 11 is 0. The lowest BCUT2D eigenvalue weighted by Gasteiger charge is -2.18. The quantitative estimate of drug-likeness (QED) is 0.0825. The minimum absolute atomic E-state index is 0.0206. The summed E-state index contributed by atoms with van der Waals surface area (Å²) in [5.41, 5.74) is 1.42. The fraction of sp³-hybridized carbons (Fsp3) is 0.191. The monoisotopic (exact) mass is 858 g/mol. The Kier molecular flexibility index (Phi) is 14.8. The number of hydrogen-bond donors (Lipinski definition) is 2. The number of anilines is 1. The molecular formula is C47H40F6N2O7. The van der Waals surface area contributed by atoms with Gasteiger partial charge in [-0.25, -0.2) is 4.79 Å². The van der Waals surface area contributed by atoms with Gasteiger partial charge in [0.2, 0.25) is 5.91 Å². The van der Waals surface area contributed by atoms with Crippen LogP contribution in [0.25, 0.3) is 16.9 Å². The molecule has 6 rings (SSSR count). The van der Waals surface area contributed by atoms with Gasteiger partial charge in [0, 0.05) is 42.4 Å². The second-order valence-corrected chi connectivity index (χ2v) is 14.0. The molecule has 0 aliphatic carbocycles. The van der Waals surface area contributed by atoms with E-state index in [0.717, 1.165) is 41.5 Å². The molecule has 0 saturated carbocycles. The molecule has 0 radical (unpaired) electrons. The molecule has 0 spiro atoms. The van der Waals surface area contributed by atoms with Crippen LogP contribution in [0.2, 0.25) is 0 Å². The number of aryl methyl sites for hydroxylation is 1. The van der Waals surface area contributed by atoms with Crippen molar-refractivity contribution in [3.05, 3.63) is 166 Å². The van der Waals surface area contributed by atoms with Crippen molar-refractivity contribution in [1.29, 1.82) is 0 Å². The fourth-order valence-electron chi connectivity index (χ4n) is 6.21. The smallest absolute Gasteiger partial charge is 0.416 e. The van der Waals surface area contributed by atoms with Gasteiger partial charge in [-0.1, -0.05) is 60.7 Å². The highest BCUT2D eigenvalue weighted by atomic mass is 19.4. The van der Waals surface area contributed by atoms with Crippen LogP contribution >= 0.6 is 0 Å². The van der Waals surface area contributed by atoms with Crippen LogP contribution in [-0.2, 0) is 35.2 Å². The predicted octanol–water partition coefficient (Wildman–Crippen LogP) is 11.5. The minimum atomic E-state index is -4.58. The number of hydrogen-bond acceptors (Lipinski definition) is 6. The minimum Gasteiger partial charge on any atom is -0.488 e. The number of rotatable bonds is 14. The lowest BCUT2D eigenvalue weighted by Crippen LogP contribution is -2.10. The first-order chi connectivity index (χ1) is 29.3. The largest absolute Gasteiger partial charge is 0.488 e. The van der Waals surface area contributed by atoms with Gasteiger partial charge in [0.25, 0.3) is 0 Å². The molecular weight excluding hydrogens is 819 g/mol. The van der Waals surface area contributed by atoms with Gasteiger partial charge < -0.3 is 29.3 Å². The molecule has 15 heteroatoms. The Hall–Kier alpha value is -7.16. The number of aromatic carboxylic acids is 1. The number of alkyl halides is 6. The number of nitrogens with zero attached hydrogens (tertiary/aromatic N) is 1. The predicted molar refractivity (Wildman–Crippen MR) is 219 cm³/mol. The van der Waals surface area contributed by atoms with Crippen molar-refractivity contribution in [2.24, 2.45) is 0 Å². The van der Waals surface area contributed by atoms with Gasteiger partial charge in [-0.3, -0.25) is 9.59 Å². The molecule has 0 unspecified atom stereocenters. The number of benzene rings is 5. The Balaban J connectivity index is 0.000000253. The number of carboxylic acids is 1. The fourth-order valence-corrected chi connectivity index (χ4v) is 6.21. The maximum Gasteiger partial charge on any atom is 0.416 e. The molecule has 5 aromatic carbocycles. The molecule has 0 saturated heterocycles. The van der Waals surface area contributed by atoms with Crippen molar-refractivity contribution in [1.82, 2.24) is 4.57 Å². The summed E-state index contributed by atoms with van der Waals surface area (Å²) in [6.07, 6.45) is -9.32. The average molecular weight is 859 g/mol. The summed E-state index contributed by atoms with van der Waals surface area (Å²) in [5.74, 6) is -2.06. The Morgan fingerprint density at radius 2 is 1.19 bits per heavy atom. The molecule has 6 aromatic rings. The number of ketones is 2. The Bertz CT molecular complexity index is 2550. The number of carbonyl (C=O) groups excluding carboxylic acids is 3. The summed E-state index contributed by atoms with van der Waals surface area (Å²) < 4.78 is 92.9. The average Bonchev–Trinajstić information content (AvgIpc) is 3.61. The van der Waals surface area contributed by atoms with E-state index in [0.29, 0.717) is 17.1 Å². The summed E-state index contributed by atoms with van der Waals surface area (Å²) in [6.45, 7) is 4.62. The highest BCUT2D eigenvalue weighted by Crippen LogP contribution is 2.40. The first-order valence-electron chi connectivity index (χ1n) is 18.9. The van der Waals surface area contributed by atoms with E-state index in [-0.39, 0.29) is 65.7 Å². The maximum atomic E-state index is 13.7. The number of ether oxygens (including phenoxy) is 2. The standard InChI is InChI=1S/C28H23F3N2O4.C19H17F3O3/c1-17-8-10-25(33(17)23-13-20(27(35)36)12-22(15-23)32-18(2)34)24-14-21(28(29,30)31)9-11-26(24)37-16-19-6-4-3-5-7-19;1-13(23)7-9-17(24)16-11-15(19(20,21)22)8-10-18(16)25-12-14-5-3-2-4-6-14/h3-15H,16H2,1-2H3,(H,32,34)(H,35,36);2-6,8,10-11H,7,9,12H2,1H3. The zero-order valence-electron chi connectivity index (χ0n) is 33.6. The van der Waals surface area contributed by atoms with Gasteiger partial charge >= 0.3 is 18.3 Å². The molecule has 9 nitrogen and oxygen atoms in total. The summed E-state index contributed by atoms with van der Waals surface area (Å²) in [7, 11) is 0. The molecule has 0 aliphatic heterocycles. The van der Waals surface area contributed by atoms with Crippen LogP contribution in [0.5, 0.6) is 11.5 Å². The Labute approximate surface area is 352 Å². The van der Waals surface area contributed by atoms with Crippen molar-refractivity contribution in [3.63, 3.8) is 0 Å². The Morgan fingerprint density at radius 1 is 0.645 bits per heavy atom. The third-order valence-electron chi connectivity index (χ3n) is 9.19. The van der Waals surface area contributed by atoms with Crippen LogP contribution in [-0.4, -0.2) is 33.1 Å². The molecule has 2 N–H and O–H groups in total. The number of carboxylic acid groups (broad SMARTS) is 1. The van der Waals surface area contributed by atoms with Crippen LogP contribution in [0.1, 0.15) is 75.4 Å². The normalized spacial score (nSPS) is 11.2. The zero-order valence-corrected chi connectivity index (χ0v) is 33.6. The molecule has 0 aliphatic rings. The molecule has 62 heavy (non-hydrogen) atoms. The van der Waals surface area contributed by atoms with E-state index < -0.39 is 41.1 Å². The van der Waals surface area contributed by atoms with Crippen LogP contribution in [0.15, 0.2) is 127 Å². The van der Waals surface area contributed by atoms with E-state index in [2.05, 4.69) is 5.32 Å². The molecule has 1 heterocycles. The summed E-state index contributed by atoms with van der Waals surface area (Å²) in [4.78, 5) is 46.7. The van der Waals surface area contributed by atoms with Gasteiger partial charge in [-0.2, -0.15) is 26.3 Å². The summed E-state index contributed by atoms with van der Waals surface area (Å²) in [6, 6.07) is 32.0. The van der Waals surface area contributed by atoms with Gasteiger partial charge in [0.1, 0.15) is 30.5 Å². The number of amides is 1. The van der Waals surface area contributed by atoms with E-state index in [1.54, 1.807) is 41.8 Å². The maximum absolute atomic E-state index is 13.7. The van der Waals surface area contributed by atoms with Gasteiger partial charge in [-0.05, 0) is 91.7 Å². The van der Waals surface area contributed by atoms with Crippen LogP contribution in [0, 0.1) is 6.92 Å². The molecule has 0 atom stereocenters. The topological polar surface area (TPSA) is 124 Å². The Morgan fingerprint density at radius 3 is 1.73 bits per heavy atom. The molecule has 1 amide bonds. The van der Waals surface area contributed by atoms with E-state index in [4.69, 9.17) is 9.47 Å². The number of carbonyl (C=O) groups is 4. The van der Waals surface area contributed by atoms with Crippen molar-refractivity contribution in [3.8, 4) is 28.4 Å². The number of Topliss-reactive ketones (excluding diaryl/α,β-unsaturated/α-hetero) is 2. The van der Waals surface area contributed by atoms with Gasteiger partial charge in [0.05, 0.1) is 27.9 Å². The van der Waals surface area contributed by atoms with Crippen molar-refractivity contribution >= 4 is 29.1 Å². The number of halogens is 6. The third kappa shape index (κ3) is 12.4. The highest BCUT2D eigenvalue weighted by Gasteiger charge is 2.33. The molecule has 322 valence electrons. The van der Waals surface area contributed by atoms with Crippen LogP contribution in [0.4, 0.5) is 32.0 Å². The number of nitrogens with one attached hydrogen (secondary N) is 1. The van der Waals surface area contributed by atoms with Crippen molar-refractivity contribution in [2.45, 2.75) is 59.2 Å². The van der Waals surface area contributed by atoms with E-state index in [1.165, 1.54) is 32.0 Å².